The van der Waals surface area contributed by atoms with Crippen LogP contribution in [0.5, 0.6) is 0 Å². The van der Waals surface area contributed by atoms with Crippen LogP contribution < -0.4 is 5.32 Å². The van der Waals surface area contributed by atoms with Crippen molar-refractivity contribution in [3.63, 3.8) is 0 Å². The third-order valence-electron chi connectivity index (χ3n) is 8.01. The first-order valence-corrected chi connectivity index (χ1v) is 11.8. The molecule has 3 aliphatic heterocycles. The lowest BCUT2D eigenvalue weighted by molar-refractivity contribution is -0.134. The summed E-state index contributed by atoms with van der Waals surface area (Å²) in [4.78, 5) is 15.4. The zero-order valence-corrected chi connectivity index (χ0v) is 17.4. The second-order valence-electron chi connectivity index (χ2n) is 9.95. The Bertz CT molecular complexity index is 723. The summed E-state index contributed by atoms with van der Waals surface area (Å²) < 4.78 is 1.91. The number of carbonyl (C=O) groups is 1. The number of hydrogen-bond donors (Lipinski definition) is 2. The first-order valence-electron chi connectivity index (χ1n) is 11.8. The molecule has 1 amide bonds. The molecule has 2 bridgehead atoms. The molecule has 4 heterocycles. The van der Waals surface area contributed by atoms with Crippen LogP contribution in [0.1, 0.15) is 76.3 Å². The van der Waals surface area contributed by atoms with E-state index in [0.29, 0.717) is 18.0 Å². The highest BCUT2D eigenvalue weighted by molar-refractivity contribution is 5.79. The van der Waals surface area contributed by atoms with Crippen molar-refractivity contribution in [2.45, 2.75) is 94.9 Å². The number of fused-ring (bicyclic) bond motifs is 3. The molecule has 2 N–H and O–H groups in total. The number of hydrogen-bond acceptors (Lipinski definition) is 5. The van der Waals surface area contributed by atoms with Crippen molar-refractivity contribution in [1.29, 1.82) is 0 Å². The minimum Gasteiger partial charge on any atom is -0.383 e. The lowest BCUT2D eigenvalue weighted by atomic mass is 9.75. The second kappa shape index (κ2) is 7.99. The summed E-state index contributed by atoms with van der Waals surface area (Å²) in [5, 5.41) is 22.7. The highest BCUT2D eigenvalue weighted by atomic mass is 16.3. The Kier molecular flexibility index (Phi) is 5.37. The maximum Gasteiger partial charge on any atom is 0.224 e. The van der Waals surface area contributed by atoms with Gasteiger partial charge in [0.15, 0.2) is 0 Å². The molecule has 1 aromatic heterocycles. The third kappa shape index (κ3) is 3.96. The number of rotatable bonds is 5. The van der Waals surface area contributed by atoms with Crippen molar-refractivity contribution in [2.75, 3.05) is 13.1 Å². The van der Waals surface area contributed by atoms with Crippen molar-refractivity contribution < 1.29 is 9.90 Å². The van der Waals surface area contributed by atoms with Gasteiger partial charge in [-0.2, -0.15) is 0 Å². The van der Waals surface area contributed by atoms with E-state index < -0.39 is 5.60 Å². The summed E-state index contributed by atoms with van der Waals surface area (Å²) in [6.07, 6.45) is 14.0. The minimum absolute atomic E-state index is 0.146. The summed E-state index contributed by atoms with van der Waals surface area (Å²) in [7, 11) is 0. The fourth-order valence-electron chi connectivity index (χ4n) is 6.21. The van der Waals surface area contributed by atoms with E-state index in [2.05, 4.69) is 20.5 Å². The molecular formula is C22H35N5O2. The highest BCUT2D eigenvalue weighted by Crippen LogP contribution is 2.39. The molecule has 1 unspecified atom stereocenters. The van der Waals surface area contributed by atoms with E-state index in [-0.39, 0.29) is 11.8 Å². The molecule has 160 valence electrons. The van der Waals surface area contributed by atoms with Crippen LogP contribution in [-0.2, 0) is 16.9 Å². The van der Waals surface area contributed by atoms with Crippen molar-refractivity contribution in [2.24, 2.45) is 11.8 Å². The summed E-state index contributed by atoms with van der Waals surface area (Å²) in [5.41, 5.74) is -0.0393. The predicted molar refractivity (Wildman–Crippen MR) is 109 cm³/mol. The molecule has 0 spiro atoms. The van der Waals surface area contributed by atoms with Gasteiger partial charge in [0.1, 0.15) is 11.3 Å². The van der Waals surface area contributed by atoms with Crippen LogP contribution in [0.3, 0.4) is 0 Å². The molecular weight excluding hydrogens is 366 g/mol. The van der Waals surface area contributed by atoms with Gasteiger partial charge in [0.2, 0.25) is 5.91 Å². The Balaban J connectivity index is 1.18. The van der Waals surface area contributed by atoms with Gasteiger partial charge in [0, 0.05) is 18.6 Å². The summed E-state index contributed by atoms with van der Waals surface area (Å²) >= 11 is 0. The van der Waals surface area contributed by atoms with Gasteiger partial charge in [-0.05, 0) is 51.0 Å². The molecule has 4 atom stereocenters. The van der Waals surface area contributed by atoms with Crippen LogP contribution in [0.2, 0.25) is 0 Å². The summed E-state index contributed by atoms with van der Waals surface area (Å²) in [6, 6.07) is 0.817. The molecule has 0 radical (unpaired) electrons. The number of nitrogens with one attached hydrogen (secondary N) is 1. The molecule has 1 aromatic rings. The van der Waals surface area contributed by atoms with Crippen LogP contribution in [0.25, 0.3) is 0 Å². The molecule has 7 nitrogen and oxygen atoms in total. The third-order valence-corrected chi connectivity index (χ3v) is 8.01. The van der Waals surface area contributed by atoms with Gasteiger partial charge in [-0.15, -0.1) is 5.10 Å². The Morgan fingerprint density at radius 2 is 1.97 bits per heavy atom. The lowest BCUT2D eigenvalue weighted by Crippen LogP contribution is -2.58. The number of carbonyl (C=O) groups excluding carboxylic acids is 1. The number of piperidine rings is 3. The van der Waals surface area contributed by atoms with E-state index in [4.69, 9.17) is 0 Å². The largest absolute Gasteiger partial charge is 0.383 e. The van der Waals surface area contributed by atoms with Gasteiger partial charge in [-0.1, -0.05) is 37.3 Å². The van der Waals surface area contributed by atoms with Gasteiger partial charge in [-0.25, -0.2) is 0 Å². The molecule has 2 saturated carbocycles. The van der Waals surface area contributed by atoms with Gasteiger partial charge in [0.05, 0.1) is 18.7 Å². The molecule has 5 aliphatic rings. The van der Waals surface area contributed by atoms with Crippen molar-refractivity contribution in [1.82, 2.24) is 25.2 Å². The van der Waals surface area contributed by atoms with Crippen LogP contribution in [0.4, 0.5) is 0 Å². The first-order chi connectivity index (χ1) is 14.1. The smallest absolute Gasteiger partial charge is 0.224 e. The Morgan fingerprint density at radius 1 is 1.17 bits per heavy atom. The van der Waals surface area contributed by atoms with E-state index in [1.807, 2.05) is 10.9 Å². The van der Waals surface area contributed by atoms with E-state index in [1.54, 1.807) is 0 Å². The average molecular weight is 402 g/mol. The van der Waals surface area contributed by atoms with Crippen LogP contribution in [0, 0.1) is 11.8 Å². The highest BCUT2D eigenvalue weighted by Gasteiger charge is 2.44. The maximum absolute atomic E-state index is 12.9. The fraction of sp³-hybridized carbons (Fsp3) is 0.864. The topological polar surface area (TPSA) is 83.3 Å². The first kappa shape index (κ1) is 19.5. The van der Waals surface area contributed by atoms with E-state index in [1.165, 1.54) is 19.3 Å². The summed E-state index contributed by atoms with van der Waals surface area (Å²) in [6.45, 7) is 2.75. The van der Waals surface area contributed by atoms with Crippen LogP contribution in [0.15, 0.2) is 6.20 Å². The van der Waals surface area contributed by atoms with E-state index >= 15 is 0 Å². The normalized spacial score (nSPS) is 34.4. The van der Waals surface area contributed by atoms with Crippen molar-refractivity contribution in [3.05, 3.63) is 11.9 Å². The number of aromatic nitrogens is 3. The number of amides is 1. The van der Waals surface area contributed by atoms with Gasteiger partial charge in [0.25, 0.3) is 0 Å². The quantitative estimate of drug-likeness (QED) is 0.790. The lowest BCUT2D eigenvalue weighted by Gasteiger charge is -2.49. The SMILES string of the molecule is O=C(NC1CCCCC1)[C@H]1CN2CC[C@@H]1C[C@@H]2Cn1cc(C2(O)CCCC2)nn1. The molecule has 0 aromatic carbocycles. The van der Waals surface area contributed by atoms with Crippen molar-refractivity contribution in [3.8, 4) is 0 Å². The Labute approximate surface area is 173 Å². The van der Waals surface area contributed by atoms with E-state index in [0.717, 1.165) is 76.7 Å². The summed E-state index contributed by atoms with van der Waals surface area (Å²) in [5.74, 6) is 0.916. The molecule has 5 fully saturated rings. The molecule has 29 heavy (non-hydrogen) atoms. The standard InChI is InChI=1S/C22H35N5O2/c28-21(23-17-6-2-1-3-7-17)19-14-26-11-8-16(19)12-18(26)13-27-15-20(24-25-27)22(29)9-4-5-10-22/h15-19,29H,1-14H2,(H,23,28)/t16-,18-,19+/m1/s1. The minimum atomic E-state index is -0.771. The van der Waals surface area contributed by atoms with E-state index in [9.17, 15) is 9.90 Å². The molecule has 7 heteroatoms. The second-order valence-corrected chi connectivity index (χ2v) is 9.95. The number of aliphatic hydroxyl groups is 1. The number of nitrogens with zero attached hydrogens (tertiary/aromatic N) is 4. The molecule has 3 saturated heterocycles. The van der Waals surface area contributed by atoms with Gasteiger partial charge >= 0.3 is 0 Å². The molecule has 6 rings (SSSR count). The monoisotopic (exact) mass is 401 g/mol. The predicted octanol–water partition coefficient (Wildman–Crippen LogP) is 2.20. The van der Waals surface area contributed by atoms with Gasteiger partial charge in [-0.3, -0.25) is 14.4 Å². The van der Waals surface area contributed by atoms with Crippen molar-refractivity contribution >= 4 is 5.91 Å². The van der Waals surface area contributed by atoms with Crippen LogP contribution in [-0.4, -0.2) is 56.1 Å². The Hall–Kier alpha value is -1.47. The Morgan fingerprint density at radius 3 is 2.69 bits per heavy atom. The molecule has 2 aliphatic carbocycles. The average Bonchev–Trinajstić information content (AvgIpc) is 3.39. The van der Waals surface area contributed by atoms with Crippen LogP contribution >= 0.6 is 0 Å². The fourth-order valence-corrected chi connectivity index (χ4v) is 6.21. The maximum atomic E-state index is 12.9. The zero-order valence-electron chi connectivity index (χ0n) is 17.4. The zero-order chi connectivity index (χ0) is 19.8. The van der Waals surface area contributed by atoms with Gasteiger partial charge < -0.3 is 10.4 Å².